The van der Waals surface area contributed by atoms with Gasteiger partial charge >= 0.3 is 0 Å². The van der Waals surface area contributed by atoms with E-state index in [9.17, 15) is 0 Å². The van der Waals surface area contributed by atoms with Crippen LogP contribution in [0.5, 0.6) is 5.88 Å². The van der Waals surface area contributed by atoms with Crippen molar-refractivity contribution in [2.75, 3.05) is 20.2 Å². The van der Waals surface area contributed by atoms with Crippen LogP contribution in [-0.4, -0.2) is 41.1 Å². The first kappa shape index (κ1) is 16.4. The highest BCUT2D eigenvalue weighted by Crippen LogP contribution is 2.20. The van der Waals surface area contributed by atoms with Gasteiger partial charge in [0.05, 0.1) is 18.3 Å². The van der Waals surface area contributed by atoms with Crippen LogP contribution in [0.4, 0.5) is 0 Å². The van der Waals surface area contributed by atoms with Crippen molar-refractivity contribution in [2.24, 2.45) is 0 Å². The molecule has 0 saturated carbocycles. The van der Waals surface area contributed by atoms with E-state index < -0.39 is 0 Å². The number of piperidine rings is 1. The van der Waals surface area contributed by atoms with E-state index in [1.807, 2.05) is 17.8 Å². The highest BCUT2D eigenvalue weighted by atomic mass is 32.1. The Morgan fingerprint density at radius 1 is 1.39 bits per heavy atom. The molecule has 1 fully saturated rings. The van der Waals surface area contributed by atoms with Crippen molar-refractivity contribution in [1.82, 2.24) is 20.2 Å². The number of nitrogens with one attached hydrogen (secondary N) is 1. The lowest BCUT2D eigenvalue weighted by Gasteiger charge is -2.33. The molecular weight excluding hydrogens is 308 g/mol. The minimum Gasteiger partial charge on any atom is -0.481 e. The minimum atomic E-state index is 0.307. The summed E-state index contributed by atoms with van der Waals surface area (Å²) in [4.78, 5) is 11.0. The first-order chi connectivity index (χ1) is 11.2. The quantitative estimate of drug-likeness (QED) is 0.881. The summed E-state index contributed by atoms with van der Waals surface area (Å²) in [5, 5.41) is 5.88. The van der Waals surface area contributed by atoms with Gasteiger partial charge in [0, 0.05) is 49.4 Å². The van der Waals surface area contributed by atoms with E-state index in [0.717, 1.165) is 19.6 Å². The summed E-state index contributed by atoms with van der Waals surface area (Å²) in [6, 6.07) is 4.94. The van der Waals surface area contributed by atoms with Gasteiger partial charge in [-0.15, -0.1) is 11.3 Å². The normalized spacial score (nSPS) is 18.0. The third-order valence-corrected chi connectivity index (χ3v) is 5.05. The number of ether oxygens (including phenoxy) is 1. The summed E-state index contributed by atoms with van der Waals surface area (Å²) in [7, 11) is 1.66. The Morgan fingerprint density at radius 2 is 2.22 bits per heavy atom. The number of hydrogen-bond acceptors (Lipinski definition) is 6. The fraction of sp³-hybridized carbons (Fsp3) is 0.529. The molecular formula is C17H24N4OS. The van der Waals surface area contributed by atoms with E-state index in [2.05, 4.69) is 38.6 Å². The molecule has 1 unspecified atom stereocenters. The molecule has 23 heavy (non-hydrogen) atoms. The number of thiazole rings is 1. The van der Waals surface area contributed by atoms with Crippen molar-refractivity contribution in [3.8, 4) is 5.88 Å². The lowest BCUT2D eigenvalue weighted by atomic mass is 10.0. The fourth-order valence-electron chi connectivity index (χ4n) is 3.06. The number of methoxy groups -OCH3 is 1. The predicted octanol–water partition coefficient (Wildman–Crippen LogP) is 2.86. The Kier molecular flexibility index (Phi) is 5.59. The summed E-state index contributed by atoms with van der Waals surface area (Å²) >= 11 is 1.67. The van der Waals surface area contributed by atoms with E-state index in [-0.39, 0.29) is 0 Å². The van der Waals surface area contributed by atoms with Crippen molar-refractivity contribution in [3.05, 3.63) is 40.5 Å². The van der Waals surface area contributed by atoms with E-state index >= 15 is 0 Å². The average Bonchev–Trinajstić information content (AvgIpc) is 3.09. The summed E-state index contributed by atoms with van der Waals surface area (Å²) in [6.07, 6.45) is 4.16. The van der Waals surface area contributed by atoms with Crippen molar-refractivity contribution < 1.29 is 4.74 Å². The second-order valence-corrected chi connectivity index (χ2v) is 6.77. The van der Waals surface area contributed by atoms with Gasteiger partial charge in [-0.3, -0.25) is 4.90 Å². The van der Waals surface area contributed by atoms with Gasteiger partial charge in [-0.25, -0.2) is 9.97 Å². The molecule has 0 radical (unpaired) electrons. The zero-order chi connectivity index (χ0) is 16.1. The first-order valence-corrected chi connectivity index (χ1v) is 9.04. The van der Waals surface area contributed by atoms with Crippen LogP contribution in [0.1, 0.15) is 37.1 Å². The topological polar surface area (TPSA) is 50.3 Å². The molecule has 0 amide bonds. The smallest absolute Gasteiger partial charge is 0.213 e. The minimum absolute atomic E-state index is 0.307. The summed E-state index contributed by atoms with van der Waals surface area (Å²) in [5.74, 6) is 0.675. The second-order valence-electron chi connectivity index (χ2n) is 6.05. The Hall–Kier alpha value is -1.50. The molecule has 2 aromatic rings. The van der Waals surface area contributed by atoms with Crippen LogP contribution < -0.4 is 10.1 Å². The van der Waals surface area contributed by atoms with Crippen LogP contribution in [-0.2, 0) is 6.54 Å². The van der Waals surface area contributed by atoms with E-state index in [0.29, 0.717) is 18.0 Å². The van der Waals surface area contributed by atoms with Crippen molar-refractivity contribution in [2.45, 2.75) is 38.4 Å². The molecule has 3 heterocycles. The molecule has 1 saturated heterocycles. The van der Waals surface area contributed by atoms with Crippen molar-refractivity contribution >= 4 is 11.3 Å². The molecule has 2 aromatic heterocycles. The third-order valence-electron chi connectivity index (χ3n) is 4.41. The monoisotopic (exact) mass is 332 g/mol. The van der Waals surface area contributed by atoms with Gasteiger partial charge in [0.1, 0.15) is 0 Å². The lowest BCUT2D eigenvalue weighted by Crippen LogP contribution is -2.42. The standard InChI is InChI=1S/C17H24N4OS/c1-13(14-3-6-18-17(9-14)22-2)20-15-4-7-21(8-5-15)10-16-11-23-12-19-16/h3,6,9,11-13,15,20H,4-5,7-8,10H2,1-2H3. The molecule has 1 aliphatic heterocycles. The third kappa shape index (κ3) is 4.50. The maximum absolute atomic E-state index is 5.21. The molecule has 1 aliphatic rings. The van der Waals surface area contributed by atoms with Crippen LogP contribution >= 0.6 is 11.3 Å². The van der Waals surface area contributed by atoms with Gasteiger partial charge in [-0.2, -0.15) is 0 Å². The van der Waals surface area contributed by atoms with Crippen LogP contribution in [0.15, 0.2) is 29.2 Å². The SMILES string of the molecule is COc1cc(C(C)NC2CCN(Cc3cscn3)CC2)ccn1. The second kappa shape index (κ2) is 7.86. The average molecular weight is 332 g/mol. The largest absolute Gasteiger partial charge is 0.481 e. The van der Waals surface area contributed by atoms with E-state index in [1.54, 1.807) is 18.4 Å². The zero-order valence-corrected chi connectivity index (χ0v) is 14.6. The molecule has 1 atom stereocenters. The first-order valence-electron chi connectivity index (χ1n) is 8.10. The number of pyridine rings is 1. The molecule has 6 heteroatoms. The Balaban J connectivity index is 1.48. The van der Waals surface area contributed by atoms with Crippen LogP contribution in [0.2, 0.25) is 0 Å². The molecule has 1 N–H and O–H groups in total. The molecule has 0 spiro atoms. The van der Waals surface area contributed by atoms with Gasteiger partial charge in [0.25, 0.3) is 0 Å². The predicted molar refractivity (Wildman–Crippen MR) is 92.8 cm³/mol. The number of hydrogen-bond donors (Lipinski definition) is 1. The Labute approximate surface area is 141 Å². The van der Waals surface area contributed by atoms with Gasteiger partial charge in [0.2, 0.25) is 5.88 Å². The highest BCUT2D eigenvalue weighted by molar-refractivity contribution is 7.07. The van der Waals surface area contributed by atoms with Crippen molar-refractivity contribution in [3.63, 3.8) is 0 Å². The summed E-state index contributed by atoms with van der Waals surface area (Å²) in [6.45, 7) is 5.44. The maximum Gasteiger partial charge on any atom is 0.213 e. The van der Waals surface area contributed by atoms with Crippen LogP contribution in [0.3, 0.4) is 0 Å². The molecule has 3 rings (SSSR count). The number of rotatable bonds is 6. The van der Waals surface area contributed by atoms with Gasteiger partial charge < -0.3 is 10.1 Å². The van der Waals surface area contributed by atoms with Crippen LogP contribution in [0, 0.1) is 0 Å². The van der Waals surface area contributed by atoms with Gasteiger partial charge in [0.15, 0.2) is 0 Å². The molecule has 0 aliphatic carbocycles. The Bertz CT molecular complexity index is 596. The van der Waals surface area contributed by atoms with E-state index in [1.165, 1.54) is 24.1 Å². The van der Waals surface area contributed by atoms with Gasteiger partial charge in [-0.1, -0.05) is 0 Å². The molecule has 124 valence electrons. The molecule has 5 nitrogen and oxygen atoms in total. The summed E-state index contributed by atoms with van der Waals surface area (Å²) in [5.41, 5.74) is 4.33. The lowest BCUT2D eigenvalue weighted by molar-refractivity contribution is 0.184. The Morgan fingerprint density at radius 3 is 2.91 bits per heavy atom. The number of likely N-dealkylation sites (tertiary alicyclic amines) is 1. The number of nitrogens with zero attached hydrogens (tertiary/aromatic N) is 3. The van der Waals surface area contributed by atoms with Gasteiger partial charge in [-0.05, 0) is 31.4 Å². The van der Waals surface area contributed by atoms with E-state index in [4.69, 9.17) is 4.74 Å². The fourth-order valence-corrected chi connectivity index (χ4v) is 3.61. The highest BCUT2D eigenvalue weighted by Gasteiger charge is 2.21. The zero-order valence-electron chi connectivity index (χ0n) is 13.7. The maximum atomic E-state index is 5.21. The molecule has 0 aromatic carbocycles. The van der Waals surface area contributed by atoms with Crippen molar-refractivity contribution in [1.29, 1.82) is 0 Å². The number of aromatic nitrogens is 2. The molecule has 0 bridgehead atoms. The summed E-state index contributed by atoms with van der Waals surface area (Å²) < 4.78 is 5.21. The van der Waals surface area contributed by atoms with Crippen LogP contribution in [0.25, 0.3) is 0 Å².